The number of hydrogen-bond acceptors (Lipinski definition) is 6. The summed E-state index contributed by atoms with van der Waals surface area (Å²) in [6.07, 6.45) is 0. The molecule has 1 aromatic rings. The quantitative estimate of drug-likeness (QED) is 0.576. The van der Waals surface area contributed by atoms with Gasteiger partial charge in [-0.15, -0.1) is 0 Å². The predicted octanol–water partition coefficient (Wildman–Crippen LogP) is 3.12. The number of hydrogen-bond donors (Lipinski definition) is 2. The van der Waals surface area contributed by atoms with E-state index >= 15 is 0 Å². The Labute approximate surface area is 181 Å². The molecule has 0 aliphatic heterocycles. The minimum Gasteiger partial charge on any atom is -0.353 e. The summed E-state index contributed by atoms with van der Waals surface area (Å²) in [7, 11) is 0. The Morgan fingerprint density at radius 2 is 1.59 bits per heavy atom. The molecule has 0 bridgehead atoms. The molecule has 2 N–H and O–H groups in total. The SMILES string of the molecule is CC(C)C(=O)N[C@@H](CSC(=O)C(C)(C)C)C(=O)NCCSC(=O)c1ccccc1. The van der Waals surface area contributed by atoms with Crippen LogP contribution in [0.3, 0.4) is 0 Å². The van der Waals surface area contributed by atoms with Crippen molar-refractivity contribution in [2.75, 3.05) is 18.1 Å². The molecule has 0 radical (unpaired) electrons. The van der Waals surface area contributed by atoms with Crippen LogP contribution >= 0.6 is 23.5 Å². The maximum Gasteiger partial charge on any atom is 0.243 e. The van der Waals surface area contributed by atoms with E-state index in [1.165, 1.54) is 0 Å². The fraction of sp³-hybridized carbons (Fsp3) is 0.524. The van der Waals surface area contributed by atoms with E-state index in [1.54, 1.807) is 38.1 Å². The smallest absolute Gasteiger partial charge is 0.243 e. The van der Waals surface area contributed by atoms with Crippen LogP contribution < -0.4 is 10.6 Å². The van der Waals surface area contributed by atoms with E-state index in [0.29, 0.717) is 11.3 Å². The summed E-state index contributed by atoms with van der Waals surface area (Å²) in [6.45, 7) is 9.20. The maximum atomic E-state index is 12.5. The first-order valence-electron chi connectivity index (χ1n) is 9.50. The molecule has 1 aromatic carbocycles. The number of thioether (sulfide) groups is 2. The molecule has 1 atom stereocenters. The minimum absolute atomic E-state index is 0.0434. The number of benzene rings is 1. The van der Waals surface area contributed by atoms with E-state index in [-0.39, 0.29) is 40.3 Å². The Morgan fingerprint density at radius 3 is 2.14 bits per heavy atom. The Hall–Kier alpha value is -1.80. The molecule has 0 saturated heterocycles. The van der Waals surface area contributed by atoms with Gasteiger partial charge in [-0.05, 0) is 0 Å². The monoisotopic (exact) mass is 438 g/mol. The third-order valence-electron chi connectivity index (χ3n) is 3.79. The number of carbonyl (C=O) groups excluding carboxylic acids is 4. The van der Waals surface area contributed by atoms with E-state index < -0.39 is 11.5 Å². The average Bonchev–Trinajstić information content (AvgIpc) is 2.67. The molecule has 29 heavy (non-hydrogen) atoms. The lowest BCUT2D eigenvalue weighted by atomic mass is 10.00. The molecule has 1 rings (SSSR count). The van der Waals surface area contributed by atoms with Gasteiger partial charge in [0.2, 0.25) is 16.9 Å². The topological polar surface area (TPSA) is 92.3 Å². The van der Waals surface area contributed by atoms with Crippen molar-refractivity contribution >= 4 is 45.6 Å². The predicted molar refractivity (Wildman–Crippen MR) is 120 cm³/mol. The number of nitrogens with one attached hydrogen (secondary N) is 2. The lowest BCUT2D eigenvalue weighted by Gasteiger charge is -2.21. The summed E-state index contributed by atoms with van der Waals surface area (Å²) in [5, 5.41) is 5.34. The molecule has 0 aliphatic rings. The summed E-state index contributed by atoms with van der Waals surface area (Å²) in [4.78, 5) is 48.8. The standard InChI is InChI=1S/C21H30N2O4S2/c1-14(2)17(24)23-16(13-29-20(27)21(3,4)5)18(25)22-11-12-28-19(26)15-9-7-6-8-10-15/h6-10,14,16H,11-13H2,1-5H3,(H,22,25)(H,23,24)/t16-/m0/s1. The van der Waals surface area contributed by atoms with Gasteiger partial charge < -0.3 is 10.6 Å². The summed E-state index contributed by atoms with van der Waals surface area (Å²) >= 11 is 2.16. The summed E-state index contributed by atoms with van der Waals surface area (Å²) in [5.74, 6) is -0.300. The Kier molecular flexibility index (Phi) is 10.5. The highest BCUT2D eigenvalue weighted by Gasteiger charge is 2.27. The van der Waals surface area contributed by atoms with Crippen molar-refractivity contribution in [2.24, 2.45) is 11.3 Å². The minimum atomic E-state index is -0.809. The van der Waals surface area contributed by atoms with Gasteiger partial charge in [0.15, 0.2) is 5.12 Å². The summed E-state index contributed by atoms with van der Waals surface area (Å²) in [5.41, 5.74) is 0.0883. The van der Waals surface area contributed by atoms with Gasteiger partial charge in [-0.3, -0.25) is 19.2 Å². The fourth-order valence-corrected chi connectivity index (χ4v) is 3.67. The van der Waals surface area contributed by atoms with E-state index in [2.05, 4.69) is 10.6 Å². The zero-order chi connectivity index (χ0) is 22.0. The second kappa shape index (κ2) is 12.0. The highest BCUT2D eigenvalue weighted by molar-refractivity contribution is 8.14. The van der Waals surface area contributed by atoms with E-state index in [0.717, 1.165) is 23.5 Å². The van der Waals surface area contributed by atoms with Crippen LogP contribution in [0.25, 0.3) is 0 Å². The van der Waals surface area contributed by atoms with Crippen LogP contribution in [0.1, 0.15) is 45.0 Å². The number of amides is 2. The second-order valence-electron chi connectivity index (χ2n) is 7.86. The molecular weight excluding hydrogens is 408 g/mol. The molecule has 0 aromatic heterocycles. The van der Waals surface area contributed by atoms with Gasteiger partial charge in [0.1, 0.15) is 6.04 Å². The molecule has 2 amide bonds. The third kappa shape index (κ3) is 9.49. The first-order chi connectivity index (χ1) is 13.5. The number of carbonyl (C=O) groups is 4. The van der Waals surface area contributed by atoms with Crippen LogP contribution in [-0.2, 0) is 14.4 Å². The lowest BCUT2D eigenvalue weighted by Crippen LogP contribution is -2.50. The van der Waals surface area contributed by atoms with Crippen LogP contribution in [0.2, 0.25) is 0 Å². The van der Waals surface area contributed by atoms with Crippen LogP contribution in [0.5, 0.6) is 0 Å². The van der Waals surface area contributed by atoms with Gasteiger partial charge in [0.05, 0.1) is 0 Å². The highest BCUT2D eigenvalue weighted by atomic mass is 32.2. The number of rotatable bonds is 9. The normalized spacial score (nSPS) is 12.3. The Balaban J connectivity index is 2.55. The zero-order valence-corrected chi connectivity index (χ0v) is 19.2. The van der Waals surface area contributed by atoms with Crippen molar-refractivity contribution in [3.8, 4) is 0 Å². The highest BCUT2D eigenvalue weighted by Crippen LogP contribution is 2.23. The van der Waals surface area contributed by atoms with Crippen LogP contribution in [0.4, 0.5) is 0 Å². The second-order valence-corrected chi connectivity index (χ2v) is 9.92. The molecule has 0 heterocycles. The average molecular weight is 439 g/mol. The third-order valence-corrected chi connectivity index (χ3v) is 6.08. The fourth-order valence-electron chi connectivity index (χ4n) is 2.00. The molecule has 0 unspecified atom stereocenters. The van der Waals surface area contributed by atoms with Gasteiger partial charge in [-0.2, -0.15) is 0 Å². The van der Waals surface area contributed by atoms with Gasteiger partial charge in [0.25, 0.3) is 0 Å². The Morgan fingerprint density at radius 1 is 0.966 bits per heavy atom. The largest absolute Gasteiger partial charge is 0.353 e. The van der Waals surface area contributed by atoms with Crippen LogP contribution in [0, 0.1) is 11.3 Å². The molecule has 8 heteroatoms. The molecule has 6 nitrogen and oxygen atoms in total. The molecule has 0 saturated carbocycles. The molecule has 0 aliphatic carbocycles. The molecule has 160 valence electrons. The Bertz CT molecular complexity index is 715. The molecular formula is C21H30N2O4S2. The summed E-state index contributed by atoms with van der Waals surface area (Å²) in [6, 6.07) is 8.12. The van der Waals surface area contributed by atoms with Crippen molar-refractivity contribution < 1.29 is 19.2 Å². The van der Waals surface area contributed by atoms with E-state index in [9.17, 15) is 19.2 Å². The van der Waals surface area contributed by atoms with Crippen molar-refractivity contribution in [3.63, 3.8) is 0 Å². The lowest BCUT2D eigenvalue weighted by molar-refractivity contribution is -0.130. The van der Waals surface area contributed by atoms with Crippen LogP contribution in [0.15, 0.2) is 30.3 Å². The maximum absolute atomic E-state index is 12.5. The van der Waals surface area contributed by atoms with Gasteiger partial charge in [-0.25, -0.2) is 0 Å². The van der Waals surface area contributed by atoms with Crippen molar-refractivity contribution in [1.82, 2.24) is 10.6 Å². The summed E-state index contributed by atoms with van der Waals surface area (Å²) < 4.78 is 0. The van der Waals surface area contributed by atoms with Crippen molar-refractivity contribution in [3.05, 3.63) is 35.9 Å². The van der Waals surface area contributed by atoms with Gasteiger partial charge in [0, 0.05) is 34.9 Å². The van der Waals surface area contributed by atoms with Gasteiger partial charge in [-0.1, -0.05) is 88.5 Å². The first kappa shape index (κ1) is 25.2. The van der Waals surface area contributed by atoms with Gasteiger partial charge >= 0.3 is 0 Å². The van der Waals surface area contributed by atoms with Crippen LogP contribution in [-0.4, -0.2) is 46.1 Å². The van der Waals surface area contributed by atoms with Crippen molar-refractivity contribution in [1.29, 1.82) is 0 Å². The first-order valence-corrected chi connectivity index (χ1v) is 11.5. The zero-order valence-electron chi connectivity index (χ0n) is 17.6. The van der Waals surface area contributed by atoms with E-state index in [4.69, 9.17) is 0 Å². The van der Waals surface area contributed by atoms with E-state index in [1.807, 2.05) is 26.8 Å². The van der Waals surface area contributed by atoms with Crippen molar-refractivity contribution in [2.45, 2.75) is 40.7 Å². The molecule has 0 spiro atoms. The molecule has 0 fully saturated rings.